The van der Waals surface area contributed by atoms with Gasteiger partial charge in [0.2, 0.25) is 0 Å². The van der Waals surface area contributed by atoms with Crippen LogP contribution in [0.15, 0.2) is 49.1 Å². The van der Waals surface area contributed by atoms with E-state index >= 15 is 0 Å². The molecule has 5 nitrogen and oxygen atoms in total. The van der Waals surface area contributed by atoms with Crippen molar-refractivity contribution in [2.75, 3.05) is 19.6 Å². The molecule has 21 heavy (non-hydrogen) atoms. The molecule has 0 bridgehead atoms. The van der Waals surface area contributed by atoms with Crippen LogP contribution in [0.5, 0.6) is 0 Å². The second kappa shape index (κ2) is 7.59. The van der Waals surface area contributed by atoms with Gasteiger partial charge in [0.05, 0.1) is 6.04 Å². The third-order valence-electron chi connectivity index (χ3n) is 3.62. The van der Waals surface area contributed by atoms with Crippen LogP contribution in [0.2, 0.25) is 0 Å². The van der Waals surface area contributed by atoms with Crippen molar-refractivity contribution < 1.29 is 4.79 Å². The minimum atomic E-state index is -0.152. The van der Waals surface area contributed by atoms with Gasteiger partial charge in [0.25, 0.3) is 0 Å². The zero-order valence-electron chi connectivity index (χ0n) is 12.6. The number of hydrogen-bond donors (Lipinski definition) is 1. The first-order valence-electron chi connectivity index (χ1n) is 7.31. The summed E-state index contributed by atoms with van der Waals surface area (Å²) in [6, 6.07) is 10.3. The van der Waals surface area contributed by atoms with Crippen molar-refractivity contribution >= 4 is 6.03 Å². The SMILES string of the molecule is CCN(CC)[C@@H](CNC(=O)n1ccnc1)c1ccccc1. The Labute approximate surface area is 125 Å². The molecule has 0 saturated heterocycles. The molecule has 0 saturated carbocycles. The number of imidazole rings is 1. The third kappa shape index (κ3) is 3.92. The van der Waals surface area contributed by atoms with Gasteiger partial charge in [0, 0.05) is 18.9 Å². The van der Waals surface area contributed by atoms with Gasteiger partial charge in [-0.15, -0.1) is 0 Å². The zero-order valence-corrected chi connectivity index (χ0v) is 12.6. The summed E-state index contributed by atoms with van der Waals surface area (Å²) in [6.07, 6.45) is 4.74. The van der Waals surface area contributed by atoms with Gasteiger partial charge in [-0.25, -0.2) is 9.78 Å². The Morgan fingerprint density at radius 2 is 2.00 bits per heavy atom. The first kappa shape index (κ1) is 15.3. The number of carbonyl (C=O) groups is 1. The Balaban J connectivity index is 2.08. The molecule has 0 aliphatic rings. The van der Waals surface area contributed by atoms with Gasteiger partial charge in [0.15, 0.2) is 0 Å². The van der Waals surface area contributed by atoms with Gasteiger partial charge in [0.1, 0.15) is 6.33 Å². The molecular formula is C16H22N4O. The maximum absolute atomic E-state index is 12.0. The summed E-state index contributed by atoms with van der Waals surface area (Å²) in [5, 5.41) is 2.98. The van der Waals surface area contributed by atoms with Gasteiger partial charge >= 0.3 is 6.03 Å². The number of hydrogen-bond acceptors (Lipinski definition) is 3. The number of aromatic nitrogens is 2. The maximum Gasteiger partial charge on any atom is 0.326 e. The minimum Gasteiger partial charge on any atom is -0.335 e. The number of rotatable bonds is 6. The fourth-order valence-electron chi connectivity index (χ4n) is 2.45. The van der Waals surface area contributed by atoms with E-state index in [0.717, 1.165) is 13.1 Å². The molecule has 0 radical (unpaired) electrons. The third-order valence-corrected chi connectivity index (χ3v) is 3.62. The fraction of sp³-hybridized carbons (Fsp3) is 0.375. The molecule has 1 amide bonds. The summed E-state index contributed by atoms with van der Waals surface area (Å²) >= 11 is 0. The summed E-state index contributed by atoms with van der Waals surface area (Å²) in [7, 11) is 0. The van der Waals surface area contributed by atoms with Crippen LogP contribution in [0, 0.1) is 0 Å². The van der Waals surface area contributed by atoms with Gasteiger partial charge < -0.3 is 5.32 Å². The molecule has 1 aromatic heterocycles. The van der Waals surface area contributed by atoms with Gasteiger partial charge in [-0.2, -0.15) is 0 Å². The van der Waals surface area contributed by atoms with Crippen LogP contribution in [0.3, 0.4) is 0 Å². The molecule has 0 aliphatic carbocycles. The maximum atomic E-state index is 12.0. The van der Waals surface area contributed by atoms with Crippen molar-refractivity contribution in [3.05, 3.63) is 54.6 Å². The molecule has 1 atom stereocenters. The van der Waals surface area contributed by atoms with E-state index in [-0.39, 0.29) is 12.1 Å². The molecule has 1 N–H and O–H groups in total. The van der Waals surface area contributed by atoms with Crippen LogP contribution in [0.25, 0.3) is 0 Å². The quantitative estimate of drug-likeness (QED) is 0.887. The van der Waals surface area contributed by atoms with Crippen LogP contribution < -0.4 is 5.32 Å². The largest absolute Gasteiger partial charge is 0.335 e. The molecule has 2 aromatic rings. The van der Waals surface area contributed by atoms with E-state index in [1.54, 1.807) is 12.4 Å². The van der Waals surface area contributed by atoms with E-state index in [9.17, 15) is 4.79 Å². The summed E-state index contributed by atoms with van der Waals surface area (Å²) in [5.41, 5.74) is 1.21. The summed E-state index contributed by atoms with van der Waals surface area (Å²) in [5.74, 6) is 0. The number of likely N-dealkylation sites (N-methyl/N-ethyl adjacent to an activating group) is 1. The number of benzene rings is 1. The second-order valence-corrected chi connectivity index (χ2v) is 4.80. The molecule has 0 aliphatic heterocycles. The monoisotopic (exact) mass is 286 g/mol. The van der Waals surface area contributed by atoms with Gasteiger partial charge in [-0.05, 0) is 18.7 Å². The molecule has 5 heteroatoms. The van der Waals surface area contributed by atoms with Crippen LogP contribution in [-0.2, 0) is 0 Å². The van der Waals surface area contributed by atoms with Gasteiger partial charge in [-0.1, -0.05) is 44.2 Å². The van der Waals surface area contributed by atoms with E-state index in [1.807, 2.05) is 18.2 Å². The van der Waals surface area contributed by atoms with Crippen LogP contribution in [0.1, 0.15) is 25.5 Å². The summed E-state index contributed by atoms with van der Waals surface area (Å²) in [4.78, 5) is 18.3. The van der Waals surface area contributed by atoms with Crippen molar-refractivity contribution in [3.63, 3.8) is 0 Å². The fourth-order valence-corrected chi connectivity index (χ4v) is 2.45. The smallest absolute Gasteiger partial charge is 0.326 e. The highest BCUT2D eigenvalue weighted by molar-refractivity contribution is 5.76. The molecule has 112 valence electrons. The lowest BCUT2D eigenvalue weighted by Crippen LogP contribution is -2.39. The Hall–Kier alpha value is -2.14. The van der Waals surface area contributed by atoms with Crippen molar-refractivity contribution in [2.45, 2.75) is 19.9 Å². The van der Waals surface area contributed by atoms with E-state index in [0.29, 0.717) is 6.54 Å². The minimum absolute atomic E-state index is 0.152. The Bertz CT molecular complexity index is 535. The Kier molecular flexibility index (Phi) is 5.51. The predicted molar refractivity (Wildman–Crippen MR) is 83.1 cm³/mol. The average Bonchev–Trinajstić information content (AvgIpc) is 3.06. The molecular weight excluding hydrogens is 264 g/mol. The lowest BCUT2D eigenvalue weighted by Gasteiger charge is -2.30. The van der Waals surface area contributed by atoms with E-state index in [4.69, 9.17) is 0 Å². The highest BCUT2D eigenvalue weighted by Crippen LogP contribution is 2.19. The molecule has 1 heterocycles. The number of nitrogens with one attached hydrogen (secondary N) is 1. The molecule has 0 unspecified atom stereocenters. The summed E-state index contributed by atoms with van der Waals surface area (Å²) < 4.78 is 1.45. The molecule has 1 aromatic carbocycles. The lowest BCUT2D eigenvalue weighted by molar-refractivity contribution is 0.206. The van der Waals surface area contributed by atoms with Crippen LogP contribution >= 0.6 is 0 Å². The first-order valence-corrected chi connectivity index (χ1v) is 7.31. The predicted octanol–water partition coefficient (Wildman–Crippen LogP) is 2.52. The van der Waals surface area contributed by atoms with Crippen LogP contribution in [-0.4, -0.2) is 40.1 Å². The van der Waals surface area contributed by atoms with E-state index in [1.165, 1.54) is 16.5 Å². The van der Waals surface area contributed by atoms with E-state index in [2.05, 4.69) is 41.2 Å². The van der Waals surface area contributed by atoms with Crippen molar-refractivity contribution in [2.24, 2.45) is 0 Å². The normalized spacial score (nSPS) is 12.3. The topological polar surface area (TPSA) is 50.2 Å². The van der Waals surface area contributed by atoms with Gasteiger partial charge in [-0.3, -0.25) is 9.47 Å². The standard InChI is InChI=1S/C16H22N4O/c1-3-19(4-2)15(14-8-6-5-7-9-14)12-18-16(21)20-11-10-17-13-20/h5-11,13,15H,3-4,12H2,1-2H3,(H,18,21)/t15-/m0/s1. The summed E-state index contributed by atoms with van der Waals surface area (Å²) in [6.45, 7) is 6.73. The van der Waals surface area contributed by atoms with Crippen molar-refractivity contribution in [1.29, 1.82) is 0 Å². The lowest BCUT2D eigenvalue weighted by atomic mass is 10.1. The Morgan fingerprint density at radius 3 is 2.57 bits per heavy atom. The van der Waals surface area contributed by atoms with Crippen LogP contribution in [0.4, 0.5) is 4.79 Å². The highest BCUT2D eigenvalue weighted by atomic mass is 16.2. The van der Waals surface area contributed by atoms with E-state index < -0.39 is 0 Å². The highest BCUT2D eigenvalue weighted by Gasteiger charge is 2.18. The van der Waals surface area contributed by atoms with Crippen molar-refractivity contribution in [3.8, 4) is 0 Å². The zero-order chi connectivity index (χ0) is 15.1. The number of nitrogens with zero attached hydrogens (tertiary/aromatic N) is 3. The first-order chi connectivity index (χ1) is 10.3. The molecule has 0 fully saturated rings. The number of amides is 1. The molecule has 2 rings (SSSR count). The molecule has 0 spiro atoms. The second-order valence-electron chi connectivity index (χ2n) is 4.80. The van der Waals surface area contributed by atoms with Crippen molar-refractivity contribution in [1.82, 2.24) is 19.8 Å². The number of carbonyl (C=O) groups excluding carboxylic acids is 1. The average molecular weight is 286 g/mol. The Morgan fingerprint density at radius 1 is 1.29 bits per heavy atom.